The summed E-state index contributed by atoms with van der Waals surface area (Å²) >= 11 is 0. The summed E-state index contributed by atoms with van der Waals surface area (Å²) in [5.41, 5.74) is 4.45. The Labute approximate surface area is 139 Å². The topological polar surface area (TPSA) is 17.8 Å². The monoisotopic (exact) mass is 306 g/mol. The van der Waals surface area contributed by atoms with Crippen LogP contribution in [-0.4, -0.2) is 9.55 Å². The molecule has 0 saturated heterocycles. The molecule has 0 fully saturated rings. The third kappa shape index (κ3) is 3.89. The molecule has 1 aromatic carbocycles. The van der Waals surface area contributed by atoms with Gasteiger partial charge in [-0.05, 0) is 20.3 Å². The largest absolute Gasteiger partial charge is 0.328 e. The van der Waals surface area contributed by atoms with Gasteiger partial charge >= 0.3 is 0 Å². The molecular weight excluding hydrogens is 280 g/mol. The molecule has 0 saturated carbocycles. The van der Waals surface area contributed by atoms with E-state index in [9.17, 15) is 0 Å². The van der Waals surface area contributed by atoms with Crippen LogP contribution in [0.2, 0.25) is 0 Å². The first-order valence-corrected chi connectivity index (χ1v) is 8.31. The Morgan fingerprint density at radius 2 is 2.00 bits per heavy atom. The Bertz CT molecular complexity index is 703. The summed E-state index contributed by atoms with van der Waals surface area (Å²) in [4.78, 5) is 4.95. The average Bonchev–Trinajstić information content (AvgIpc) is 2.91. The highest BCUT2D eigenvalue weighted by Crippen LogP contribution is 2.27. The molecule has 23 heavy (non-hydrogen) atoms. The highest BCUT2D eigenvalue weighted by atomic mass is 15.1. The number of hydrogen-bond donors (Lipinski definition) is 0. The predicted molar refractivity (Wildman–Crippen MR) is 100 cm³/mol. The number of unbranched alkanes of at least 4 members (excludes halogenated alkanes) is 1. The maximum absolute atomic E-state index is 4.95. The Morgan fingerprint density at radius 1 is 1.26 bits per heavy atom. The Hall–Kier alpha value is -2.35. The molecule has 2 rings (SSSR count). The summed E-state index contributed by atoms with van der Waals surface area (Å²) < 4.78 is 2.33. The minimum Gasteiger partial charge on any atom is -0.328 e. The van der Waals surface area contributed by atoms with Crippen molar-refractivity contribution < 1.29 is 0 Å². The van der Waals surface area contributed by atoms with E-state index in [0.29, 0.717) is 0 Å². The molecule has 2 nitrogen and oxygen atoms in total. The number of allylic oxidation sites excluding steroid dienone is 5. The van der Waals surface area contributed by atoms with Crippen LogP contribution in [0.15, 0.2) is 61.2 Å². The Kier molecular flexibility index (Phi) is 6.16. The van der Waals surface area contributed by atoms with Gasteiger partial charge in [-0.1, -0.05) is 74.6 Å². The molecule has 1 heterocycles. The van der Waals surface area contributed by atoms with Crippen LogP contribution < -0.4 is 0 Å². The average molecular weight is 306 g/mol. The fraction of sp³-hybridized carbons (Fsp3) is 0.286. The van der Waals surface area contributed by atoms with E-state index in [1.165, 1.54) is 12.1 Å². The van der Waals surface area contributed by atoms with Gasteiger partial charge < -0.3 is 4.57 Å². The van der Waals surface area contributed by atoms with Gasteiger partial charge in [0.2, 0.25) is 0 Å². The quantitative estimate of drug-likeness (QED) is 0.591. The van der Waals surface area contributed by atoms with E-state index < -0.39 is 0 Å². The fourth-order valence-electron chi connectivity index (χ4n) is 2.65. The molecule has 1 aromatic heterocycles. The van der Waals surface area contributed by atoms with Crippen LogP contribution in [0.5, 0.6) is 0 Å². The summed E-state index contributed by atoms with van der Waals surface area (Å²) in [6.07, 6.45) is 10.3. The number of aromatic nitrogens is 2. The molecule has 2 aromatic rings. The zero-order valence-electron chi connectivity index (χ0n) is 14.4. The predicted octanol–water partition coefficient (Wildman–Crippen LogP) is 5.80. The first-order valence-electron chi connectivity index (χ1n) is 8.31. The van der Waals surface area contributed by atoms with E-state index in [0.717, 1.165) is 35.6 Å². The standard InChI is InChI=1S/C21H26N2/c1-5-8-13-18(7-3)20-17(4)23(16-9-6-2)21(22-20)19-14-11-10-12-15-19/h5,7-8,10-15H,3,6,9,16H2,1-2,4H3/b8-5-,18-13+. The molecule has 0 amide bonds. The molecule has 0 unspecified atom stereocenters. The third-order valence-corrected chi connectivity index (χ3v) is 3.95. The number of hydrogen-bond acceptors (Lipinski definition) is 1. The molecular formula is C21H26N2. The van der Waals surface area contributed by atoms with Crippen LogP contribution in [0.4, 0.5) is 0 Å². The maximum atomic E-state index is 4.95. The first kappa shape index (κ1) is 17.0. The van der Waals surface area contributed by atoms with Gasteiger partial charge in [0.05, 0.1) is 5.69 Å². The van der Waals surface area contributed by atoms with Crippen molar-refractivity contribution in [1.29, 1.82) is 0 Å². The van der Waals surface area contributed by atoms with Gasteiger partial charge in [-0.15, -0.1) is 0 Å². The van der Waals surface area contributed by atoms with Crippen molar-refractivity contribution in [3.05, 3.63) is 72.6 Å². The van der Waals surface area contributed by atoms with E-state index in [1.807, 2.05) is 31.2 Å². The van der Waals surface area contributed by atoms with Crippen LogP contribution in [-0.2, 0) is 6.54 Å². The number of rotatable bonds is 7. The van der Waals surface area contributed by atoms with Gasteiger partial charge in [0.25, 0.3) is 0 Å². The first-order chi connectivity index (χ1) is 11.2. The lowest BCUT2D eigenvalue weighted by molar-refractivity contribution is 0.624. The van der Waals surface area contributed by atoms with Crippen molar-refractivity contribution >= 4 is 5.57 Å². The molecule has 0 atom stereocenters. The molecule has 0 N–H and O–H groups in total. The van der Waals surface area contributed by atoms with Gasteiger partial charge in [-0.25, -0.2) is 4.98 Å². The summed E-state index contributed by atoms with van der Waals surface area (Å²) in [5, 5.41) is 0. The van der Waals surface area contributed by atoms with Gasteiger partial charge in [-0.3, -0.25) is 0 Å². The smallest absolute Gasteiger partial charge is 0.140 e. The van der Waals surface area contributed by atoms with Crippen LogP contribution in [0, 0.1) is 6.92 Å². The second-order valence-electron chi connectivity index (χ2n) is 5.59. The summed E-state index contributed by atoms with van der Waals surface area (Å²) in [5.74, 6) is 1.04. The van der Waals surface area contributed by atoms with Crippen LogP contribution in [0.1, 0.15) is 38.1 Å². The van der Waals surface area contributed by atoms with E-state index in [2.05, 4.69) is 55.3 Å². The van der Waals surface area contributed by atoms with Gasteiger partial charge in [-0.2, -0.15) is 0 Å². The Morgan fingerprint density at radius 3 is 2.61 bits per heavy atom. The van der Waals surface area contributed by atoms with Crippen molar-refractivity contribution in [2.75, 3.05) is 0 Å². The lowest BCUT2D eigenvalue weighted by atomic mass is 10.1. The highest BCUT2D eigenvalue weighted by molar-refractivity contribution is 5.76. The lowest BCUT2D eigenvalue weighted by Crippen LogP contribution is -2.03. The van der Waals surface area contributed by atoms with Gasteiger partial charge in [0, 0.05) is 23.4 Å². The van der Waals surface area contributed by atoms with Crippen molar-refractivity contribution in [2.45, 2.75) is 40.2 Å². The minimum atomic E-state index is 0.994. The SMILES string of the molecule is C=C/C(=C\C=C/C)c1nc(-c2ccccc2)n(CCCC)c1C. The van der Waals surface area contributed by atoms with Crippen LogP contribution in [0.3, 0.4) is 0 Å². The van der Waals surface area contributed by atoms with Crippen LogP contribution in [0.25, 0.3) is 17.0 Å². The van der Waals surface area contributed by atoms with Gasteiger partial charge in [0.15, 0.2) is 0 Å². The van der Waals surface area contributed by atoms with Crippen molar-refractivity contribution in [3.63, 3.8) is 0 Å². The summed E-state index contributed by atoms with van der Waals surface area (Å²) in [7, 11) is 0. The molecule has 0 bridgehead atoms. The zero-order chi connectivity index (χ0) is 16.7. The maximum Gasteiger partial charge on any atom is 0.140 e. The molecule has 2 heteroatoms. The minimum absolute atomic E-state index is 0.994. The number of imidazole rings is 1. The second kappa shape index (κ2) is 8.33. The highest BCUT2D eigenvalue weighted by Gasteiger charge is 2.16. The van der Waals surface area contributed by atoms with Crippen molar-refractivity contribution in [2.24, 2.45) is 0 Å². The van der Waals surface area contributed by atoms with E-state index >= 15 is 0 Å². The molecule has 0 radical (unpaired) electrons. The molecule has 0 aliphatic carbocycles. The Balaban J connectivity index is 2.57. The fourth-order valence-corrected chi connectivity index (χ4v) is 2.65. The normalized spacial score (nSPS) is 12.0. The number of nitrogens with zero attached hydrogens (tertiary/aromatic N) is 2. The third-order valence-electron chi connectivity index (χ3n) is 3.95. The lowest BCUT2D eigenvalue weighted by Gasteiger charge is -2.09. The number of benzene rings is 1. The zero-order valence-corrected chi connectivity index (χ0v) is 14.4. The summed E-state index contributed by atoms with van der Waals surface area (Å²) in [6, 6.07) is 10.4. The van der Waals surface area contributed by atoms with Gasteiger partial charge in [0.1, 0.15) is 5.82 Å². The van der Waals surface area contributed by atoms with Crippen LogP contribution >= 0.6 is 0 Å². The molecule has 0 aliphatic heterocycles. The molecule has 0 spiro atoms. The molecule has 0 aliphatic rings. The molecule has 120 valence electrons. The van der Waals surface area contributed by atoms with Crippen molar-refractivity contribution in [3.8, 4) is 11.4 Å². The van der Waals surface area contributed by atoms with E-state index in [4.69, 9.17) is 4.98 Å². The summed E-state index contributed by atoms with van der Waals surface area (Å²) in [6.45, 7) is 11.3. The second-order valence-corrected chi connectivity index (χ2v) is 5.59. The van der Waals surface area contributed by atoms with E-state index in [-0.39, 0.29) is 0 Å². The van der Waals surface area contributed by atoms with Crippen molar-refractivity contribution in [1.82, 2.24) is 9.55 Å². The van der Waals surface area contributed by atoms with E-state index in [1.54, 1.807) is 0 Å².